The van der Waals surface area contributed by atoms with E-state index in [4.69, 9.17) is 9.26 Å². The fourth-order valence-electron chi connectivity index (χ4n) is 1.33. The van der Waals surface area contributed by atoms with Crippen LogP contribution in [0.3, 0.4) is 0 Å². The zero-order valence-corrected chi connectivity index (χ0v) is 10.7. The molecule has 0 aromatic carbocycles. The molecule has 1 atom stereocenters. The molecule has 0 bridgehead atoms. The molecule has 1 N–H and O–H groups in total. The Kier molecular flexibility index (Phi) is 4.44. The number of nitrogens with one attached hydrogen (secondary N) is 1. The van der Waals surface area contributed by atoms with Crippen LogP contribution < -0.4 is 5.32 Å². The highest BCUT2D eigenvalue weighted by Crippen LogP contribution is 2.20. The molecular weight excluding hydrogens is 206 g/mol. The van der Waals surface area contributed by atoms with Gasteiger partial charge in [-0.15, -0.1) is 0 Å². The number of methoxy groups -OCH3 is 1. The summed E-state index contributed by atoms with van der Waals surface area (Å²) in [5.74, 6) is 1.25. The topological polar surface area (TPSA) is 60.2 Å². The van der Waals surface area contributed by atoms with Gasteiger partial charge in [-0.05, 0) is 27.3 Å². The van der Waals surface area contributed by atoms with Crippen molar-refractivity contribution in [2.75, 3.05) is 14.2 Å². The van der Waals surface area contributed by atoms with Gasteiger partial charge in [0.15, 0.2) is 0 Å². The lowest BCUT2D eigenvalue weighted by molar-refractivity contribution is 0.00973. The standard InChI is InChI=1S/C11H21N3O2/c1-6-8(12-4)7-9-13-10(14-16-9)11(2,3)15-5/h8,12H,6-7H2,1-5H3. The smallest absolute Gasteiger partial charge is 0.228 e. The van der Waals surface area contributed by atoms with Crippen molar-refractivity contribution < 1.29 is 9.26 Å². The first-order chi connectivity index (χ1) is 7.53. The van der Waals surface area contributed by atoms with Gasteiger partial charge in [0.25, 0.3) is 0 Å². The van der Waals surface area contributed by atoms with E-state index < -0.39 is 5.60 Å². The number of likely N-dealkylation sites (N-methyl/N-ethyl adjacent to an activating group) is 1. The Labute approximate surface area is 96.6 Å². The first kappa shape index (κ1) is 13.1. The van der Waals surface area contributed by atoms with E-state index in [0.29, 0.717) is 17.8 Å². The second-order valence-corrected chi connectivity index (χ2v) is 4.32. The van der Waals surface area contributed by atoms with Gasteiger partial charge in [0.2, 0.25) is 11.7 Å². The number of aromatic nitrogens is 2. The lowest BCUT2D eigenvalue weighted by Gasteiger charge is -2.17. The minimum absolute atomic E-state index is 0.374. The fourth-order valence-corrected chi connectivity index (χ4v) is 1.33. The van der Waals surface area contributed by atoms with E-state index in [0.717, 1.165) is 12.8 Å². The Hall–Kier alpha value is -0.940. The van der Waals surface area contributed by atoms with Crippen LogP contribution in [0, 0.1) is 0 Å². The summed E-state index contributed by atoms with van der Waals surface area (Å²) >= 11 is 0. The van der Waals surface area contributed by atoms with Crippen LogP contribution in [0.2, 0.25) is 0 Å². The molecule has 1 aromatic heterocycles. The van der Waals surface area contributed by atoms with Crippen molar-refractivity contribution in [3.8, 4) is 0 Å². The lowest BCUT2D eigenvalue weighted by Crippen LogP contribution is -2.27. The number of ether oxygens (including phenoxy) is 1. The fraction of sp³-hybridized carbons (Fsp3) is 0.818. The SMILES string of the molecule is CCC(Cc1nc(C(C)(C)OC)no1)NC. The molecule has 0 aliphatic carbocycles. The average Bonchev–Trinajstić information content (AvgIpc) is 2.75. The van der Waals surface area contributed by atoms with E-state index >= 15 is 0 Å². The highest BCUT2D eigenvalue weighted by molar-refractivity contribution is 4.98. The van der Waals surface area contributed by atoms with E-state index in [1.165, 1.54) is 0 Å². The normalized spacial score (nSPS) is 14.1. The first-order valence-electron chi connectivity index (χ1n) is 5.59. The molecule has 0 saturated carbocycles. The van der Waals surface area contributed by atoms with Crippen LogP contribution >= 0.6 is 0 Å². The van der Waals surface area contributed by atoms with Gasteiger partial charge >= 0.3 is 0 Å². The Morgan fingerprint density at radius 2 is 2.19 bits per heavy atom. The monoisotopic (exact) mass is 227 g/mol. The molecule has 0 radical (unpaired) electrons. The van der Waals surface area contributed by atoms with Gasteiger partial charge in [0.1, 0.15) is 5.60 Å². The number of rotatable bonds is 6. The van der Waals surface area contributed by atoms with E-state index in [-0.39, 0.29) is 0 Å². The summed E-state index contributed by atoms with van der Waals surface area (Å²) in [7, 11) is 3.57. The molecule has 16 heavy (non-hydrogen) atoms. The molecule has 0 fully saturated rings. The number of hydrogen-bond acceptors (Lipinski definition) is 5. The summed E-state index contributed by atoms with van der Waals surface area (Å²) < 4.78 is 10.5. The van der Waals surface area contributed by atoms with Gasteiger partial charge in [0, 0.05) is 19.6 Å². The van der Waals surface area contributed by atoms with E-state index in [1.807, 2.05) is 20.9 Å². The maximum absolute atomic E-state index is 5.29. The lowest BCUT2D eigenvalue weighted by atomic mass is 10.1. The van der Waals surface area contributed by atoms with E-state index in [1.54, 1.807) is 7.11 Å². The van der Waals surface area contributed by atoms with Gasteiger partial charge in [-0.25, -0.2) is 0 Å². The Bertz CT molecular complexity index is 319. The van der Waals surface area contributed by atoms with Gasteiger partial charge in [-0.1, -0.05) is 12.1 Å². The van der Waals surface area contributed by atoms with Crippen LogP contribution in [0.15, 0.2) is 4.52 Å². The molecular formula is C11H21N3O2. The van der Waals surface area contributed by atoms with Crippen molar-refractivity contribution in [2.45, 2.75) is 45.3 Å². The molecule has 1 aromatic rings. The summed E-state index contributed by atoms with van der Waals surface area (Å²) in [4.78, 5) is 4.35. The van der Waals surface area contributed by atoms with Gasteiger partial charge in [0.05, 0.1) is 0 Å². The summed E-state index contributed by atoms with van der Waals surface area (Å²) in [6.07, 6.45) is 1.78. The molecule has 0 saturated heterocycles. The summed E-state index contributed by atoms with van der Waals surface area (Å²) in [6.45, 7) is 5.95. The Morgan fingerprint density at radius 1 is 1.50 bits per heavy atom. The summed E-state index contributed by atoms with van der Waals surface area (Å²) in [5.41, 5.74) is -0.497. The number of nitrogens with zero attached hydrogens (tertiary/aromatic N) is 2. The van der Waals surface area contributed by atoms with Crippen LogP contribution in [-0.2, 0) is 16.8 Å². The zero-order chi connectivity index (χ0) is 12.2. The molecule has 5 nitrogen and oxygen atoms in total. The third-order valence-electron chi connectivity index (χ3n) is 2.84. The summed E-state index contributed by atoms with van der Waals surface area (Å²) in [6, 6.07) is 0.374. The van der Waals surface area contributed by atoms with Crippen LogP contribution in [0.5, 0.6) is 0 Å². The highest BCUT2D eigenvalue weighted by atomic mass is 16.5. The van der Waals surface area contributed by atoms with Crippen molar-refractivity contribution in [3.63, 3.8) is 0 Å². The molecule has 0 amide bonds. The molecule has 1 rings (SSSR count). The molecule has 92 valence electrons. The van der Waals surface area contributed by atoms with Crippen LogP contribution in [0.4, 0.5) is 0 Å². The quantitative estimate of drug-likeness (QED) is 0.798. The molecule has 0 aliphatic heterocycles. The molecule has 1 unspecified atom stereocenters. The highest BCUT2D eigenvalue weighted by Gasteiger charge is 2.26. The second kappa shape index (κ2) is 5.41. The second-order valence-electron chi connectivity index (χ2n) is 4.32. The van der Waals surface area contributed by atoms with Crippen molar-refractivity contribution in [1.29, 1.82) is 0 Å². The maximum Gasteiger partial charge on any atom is 0.228 e. The Morgan fingerprint density at radius 3 is 2.69 bits per heavy atom. The molecule has 5 heteroatoms. The van der Waals surface area contributed by atoms with Crippen molar-refractivity contribution in [2.24, 2.45) is 0 Å². The summed E-state index contributed by atoms with van der Waals surface area (Å²) in [5, 5.41) is 7.14. The van der Waals surface area contributed by atoms with Crippen molar-refractivity contribution >= 4 is 0 Å². The van der Waals surface area contributed by atoms with Crippen molar-refractivity contribution in [1.82, 2.24) is 15.5 Å². The first-order valence-corrected chi connectivity index (χ1v) is 5.59. The Balaban J connectivity index is 2.71. The largest absolute Gasteiger partial charge is 0.371 e. The minimum atomic E-state index is -0.497. The zero-order valence-electron chi connectivity index (χ0n) is 10.7. The van der Waals surface area contributed by atoms with E-state index in [2.05, 4.69) is 22.4 Å². The average molecular weight is 227 g/mol. The third kappa shape index (κ3) is 3.02. The number of hydrogen-bond donors (Lipinski definition) is 1. The van der Waals surface area contributed by atoms with Crippen molar-refractivity contribution in [3.05, 3.63) is 11.7 Å². The minimum Gasteiger partial charge on any atom is -0.371 e. The van der Waals surface area contributed by atoms with Gasteiger partial charge in [-0.2, -0.15) is 4.98 Å². The molecule has 0 spiro atoms. The predicted molar refractivity (Wildman–Crippen MR) is 61.2 cm³/mol. The van der Waals surface area contributed by atoms with E-state index in [9.17, 15) is 0 Å². The van der Waals surface area contributed by atoms with Gasteiger partial charge in [-0.3, -0.25) is 0 Å². The molecule has 1 heterocycles. The maximum atomic E-state index is 5.29. The predicted octanol–water partition coefficient (Wildman–Crippen LogP) is 1.49. The van der Waals surface area contributed by atoms with Crippen LogP contribution in [-0.4, -0.2) is 30.3 Å². The van der Waals surface area contributed by atoms with Crippen LogP contribution in [0.1, 0.15) is 38.9 Å². The van der Waals surface area contributed by atoms with Crippen LogP contribution in [0.25, 0.3) is 0 Å². The third-order valence-corrected chi connectivity index (χ3v) is 2.84. The molecule has 0 aliphatic rings. The van der Waals surface area contributed by atoms with Gasteiger partial charge < -0.3 is 14.6 Å².